The lowest BCUT2D eigenvalue weighted by Gasteiger charge is -2.42. The minimum atomic E-state index is -0.469. The molecule has 2 heterocycles. The molecule has 0 atom stereocenters. The third-order valence-electron chi connectivity index (χ3n) is 3.33. The third-order valence-corrected chi connectivity index (χ3v) is 3.33. The van der Waals surface area contributed by atoms with Crippen molar-refractivity contribution in [2.45, 2.75) is 31.2 Å². The molecule has 0 aromatic carbocycles. The number of carbonyl (C=O) groups excluding carboxylic acids is 2. The van der Waals surface area contributed by atoms with Crippen molar-refractivity contribution in [3.63, 3.8) is 0 Å². The van der Waals surface area contributed by atoms with Crippen LogP contribution in [0.2, 0.25) is 0 Å². The fourth-order valence-corrected chi connectivity index (χ4v) is 2.38. The molecule has 0 aliphatic carbocycles. The summed E-state index contributed by atoms with van der Waals surface area (Å²) < 4.78 is 5.25. The summed E-state index contributed by atoms with van der Waals surface area (Å²) >= 11 is 0. The van der Waals surface area contributed by atoms with Crippen molar-refractivity contribution in [3.05, 3.63) is 0 Å². The van der Waals surface area contributed by atoms with Crippen LogP contribution in [0.3, 0.4) is 0 Å². The first-order valence-electron chi connectivity index (χ1n) is 5.33. The molecule has 0 saturated carbocycles. The molecule has 0 unspecified atom stereocenters. The maximum Gasteiger partial charge on any atom is 0.230 e. The first-order valence-corrected chi connectivity index (χ1v) is 5.33. The van der Waals surface area contributed by atoms with Crippen LogP contribution >= 0.6 is 0 Å². The predicted octanol–water partition coefficient (Wildman–Crippen LogP) is -0.357. The molecule has 2 fully saturated rings. The topological polar surface area (TPSA) is 72.6 Å². The van der Waals surface area contributed by atoms with Crippen LogP contribution in [0.1, 0.15) is 25.7 Å². The fraction of sp³-hybridized carbons (Fsp3) is 0.800. The molecule has 2 aliphatic rings. The van der Waals surface area contributed by atoms with E-state index in [0.717, 1.165) is 0 Å². The average Bonchev–Trinajstić information content (AvgIpc) is 2.60. The van der Waals surface area contributed by atoms with Gasteiger partial charge in [0.05, 0.1) is 5.54 Å². The molecule has 2 saturated heterocycles. The summed E-state index contributed by atoms with van der Waals surface area (Å²) in [7, 11) is 0. The fourth-order valence-electron chi connectivity index (χ4n) is 2.38. The Balaban J connectivity index is 2.24. The molecule has 0 aromatic heterocycles. The Labute approximate surface area is 88.5 Å². The third kappa shape index (κ3) is 1.66. The van der Waals surface area contributed by atoms with Gasteiger partial charge in [0.25, 0.3) is 0 Å². The highest BCUT2D eigenvalue weighted by Crippen LogP contribution is 2.31. The smallest absolute Gasteiger partial charge is 0.230 e. The van der Waals surface area contributed by atoms with Gasteiger partial charge in [-0.05, 0) is 12.8 Å². The highest BCUT2D eigenvalue weighted by molar-refractivity contribution is 6.02. The second-order valence-electron chi connectivity index (χ2n) is 4.16. The molecular formula is C10H16N2O3. The summed E-state index contributed by atoms with van der Waals surface area (Å²) in [6, 6.07) is 0. The van der Waals surface area contributed by atoms with Crippen LogP contribution in [0.5, 0.6) is 0 Å². The standard InChI is InChI=1S/C10H16N2O3/c11-7-10(3-5-15-6-4-10)12-8(13)1-2-9(12)14/h1-7,11H2. The van der Waals surface area contributed by atoms with Crippen molar-refractivity contribution in [1.82, 2.24) is 4.90 Å². The number of hydrogen-bond donors (Lipinski definition) is 1. The van der Waals surface area contributed by atoms with Crippen LogP contribution in [0.4, 0.5) is 0 Å². The molecule has 84 valence electrons. The van der Waals surface area contributed by atoms with Crippen molar-refractivity contribution < 1.29 is 14.3 Å². The van der Waals surface area contributed by atoms with Gasteiger partial charge < -0.3 is 10.5 Å². The molecule has 0 bridgehead atoms. The molecule has 2 rings (SSSR count). The number of ether oxygens (including phenoxy) is 1. The second kappa shape index (κ2) is 3.90. The Hall–Kier alpha value is -0.940. The van der Waals surface area contributed by atoms with Gasteiger partial charge in [0, 0.05) is 32.6 Å². The van der Waals surface area contributed by atoms with Crippen molar-refractivity contribution >= 4 is 11.8 Å². The molecule has 0 spiro atoms. The largest absolute Gasteiger partial charge is 0.381 e. The number of amides is 2. The van der Waals surface area contributed by atoms with E-state index >= 15 is 0 Å². The lowest BCUT2D eigenvalue weighted by atomic mass is 9.88. The van der Waals surface area contributed by atoms with Crippen molar-refractivity contribution in [2.24, 2.45) is 5.73 Å². The van der Waals surface area contributed by atoms with Crippen LogP contribution in [0, 0.1) is 0 Å². The van der Waals surface area contributed by atoms with Gasteiger partial charge in [-0.1, -0.05) is 0 Å². The van der Waals surface area contributed by atoms with E-state index in [1.807, 2.05) is 0 Å². The first-order chi connectivity index (χ1) is 7.19. The summed E-state index contributed by atoms with van der Waals surface area (Å²) in [5.41, 5.74) is 5.27. The van der Waals surface area contributed by atoms with Gasteiger partial charge in [-0.25, -0.2) is 0 Å². The van der Waals surface area contributed by atoms with Gasteiger partial charge in [-0.3, -0.25) is 14.5 Å². The molecule has 2 N–H and O–H groups in total. The van der Waals surface area contributed by atoms with Crippen LogP contribution in [-0.4, -0.2) is 42.0 Å². The van der Waals surface area contributed by atoms with Gasteiger partial charge in [0.1, 0.15) is 0 Å². The van der Waals surface area contributed by atoms with Crippen LogP contribution in [-0.2, 0) is 14.3 Å². The molecule has 5 nitrogen and oxygen atoms in total. The Morgan fingerprint density at radius 2 is 1.73 bits per heavy atom. The molecule has 0 aromatic rings. The van der Waals surface area contributed by atoms with Gasteiger partial charge in [0.2, 0.25) is 11.8 Å². The number of hydrogen-bond acceptors (Lipinski definition) is 4. The van der Waals surface area contributed by atoms with Crippen molar-refractivity contribution in [2.75, 3.05) is 19.8 Å². The summed E-state index contributed by atoms with van der Waals surface area (Å²) in [6.07, 6.45) is 2.00. The monoisotopic (exact) mass is 212 g/mol. The Morgan fingerprint density at radius 1 is 1.20 bits per heavy atom. The predicted molar refractivity (Wildman–Crippen MR) is 52.9 cm³/mol. The highest BCUT2D eigenvalue weighted by atomic mass is 16.5. The van der Waals surface area contributed by atoms with Gasteiger partial charge in [-0.2, -0.15) is 0 Å². The Morgan fingerprint density at radius 3 is 2.20 bits per heavy atom. The lowest BCUT2D eigenvalue weighted by Crippen LogP contribution is -2.58. The summed E-state index contributed by atoms with van der Waals surface area (Å²) in [4.78, 5) is 24.7. The maximum absolute atomic E-state index is 11.7. The van der Waals surface area contributed by atoms with Crippen LogP contribution in [0.15, 0.2) is 0 Å². The van der Waals surface area contributed by atoms with E-state index in [2.05, 4.69) is 0 Å². The van der Waals surface area contributed by atoms with E-state index < -0.39 is 5.54 Å². The average molecular weight is 212 g/mol. The lowest BCUT2D eigenvalue weighted by molar-refractivity contribution is -0.149. The van der Waals surface area contributed by atoms with Gasteiger partial charge in [-0.15, -0.1) is 0 Å². The van der Waals surface area contributed by atoms with E-state index in [4.69, 9.17) is 10.5 Å². The van der Waals surface area contributed by atoms with E-state index in [1.54, 1.807) is 0 Å². The molecular weight excluding hydrogens is 196 g/mol. The Bertz CT molecular complexity index is 268. The van der Waals surface area contributed by atoms with E-state index in [-0.39, 0.29) is 11.8 Å². The number of nitrogens with zero attached hydrogens (tertiary/aromatic N) is 1. The summed E-state index contributed by atoms with van der Waals surface area (Å²) in [6.45, 7) is 1.50. The SMILES string of the molecule is NCC1(N2C(=O)CCC2=O)CCOCC1. The summed E-state index contributed by atoms with van der Waals surface area (Å²) in [5.74, 6) is -0.153. The number of imide groups is 1. The zero-order valence-electron chi connectivity index (χ0n) is 8.70. The number of carbonyl (C=O) groups is 2. The number of likely N-dealkylation sites (tertiary alicyclic amines) is 1. The molecule has 5 heteroatoms. The van der Waals surface area contributed by atoms with Gasteiger partial charge >= 0.3 is 0 Å². The van der Waals surface area contributed by atoms with E-state index in [0.29, 0.717) is 45.4 Å². The normalized spacial score (nSPS) is 26.1. The molecule has 15 heavy (non-hydrogen) atoms. The number of nitrogens with two attached hydrogens (primary N) is 1. The minimum absolute atomic E-state index is 0.0765. The zero-order valence-corrected chi connectivity index (χ0v) is 8.70. The zero-order chi connectivity index (χ0) is 10.9. The maximum atomic E-state index is 11.7. The first kappa shape index (κ1) is 10.6. The molecule has 0 radical (unpaired) electrons. The minimum Gasteiger partial charge on any atom is -0.381 e. The number of rotatable bonds is 2. The van der Waals surface area contributed by atoms with Crippen LogP contribution in [0.25, 0.3) is 0 Å². The van der Waals surface area contributed by atoms with Crippen LogP contribution < -0.4 is 5.73 Å². The molecule has 2 aliphatic heterocycles. The Kier molecular flexibility index (Phi) is 2.75. The second-order valence-corrected chi connectivity index (χ2v) is 4.16. The quantitative estimate of drug-likeness (QED) is 0.635. The summed E-state index contributed by atoms with van der Waals surface area (Å²) in [5, 5.41) is 0. The van der Waals surface area contributed by atoms with E-state index in [9.17, 15) is 9.59 Å². The van der Waals surface area contributed by atoms with Gasteiger partial charge in [0.15, 0.2) is 0 Å². The van der Waals surface area contributed by atoms with Crippen molar-refractivity contribution in [3.8, 4) is 0 Å². The van der Waals surface area contributed by atoms with Crippen molar-refractivity contribution in [1.29, 1.82) is 0 Å². The van der Waals surface area contributed by atoms with E-state index in [1.165, 1.54) is 4.90 Å². The highest BCUT2D eigenvalue weighted by Gasteiger charge is 2.46. The molecule has 2 amide bonds.